The summed E-state index contributed by atoms with van der Waals surface area (Å²) in [6.45, 7) is 43.9. The van der Waals surface area contributed by atoms with E-state index >= 15 is 18.4 Å². The molecule has 6 aliphatic carbocycles. The Morgan fingerprint density at radius 3 is 1.27 bits per heavy atom. The lowest BCUT2D eigenvalue weighted by Crippen LogP contribution is -2.79. The molecule has 3 saturated carbocycles. The first-order chi connectivity index (χ1) is 62.8. The average Bonchev–Trinajstić information content (AvgIpc) is 1.16. The molecule has 0 spiro atoms. The molecule has 134 heavy (non-hydrogen) atoms. The number of hydrogen-bond acceptors (Lipinski definition) is 28. The predicted octanol–water partition coefficient (Wildman–Crippen LogP) is 14.7. The van der Waals surface area contributed by atoms with Crippen molar-refractivity contribution in [3.05, 3.63) is 166 Å². The lowest BCUT2D eigenvalue weighted by atomic mass is 9.45. The molecule has 10 aliphatic rings. The van der Waals surface area contributed by atoms with Gasteiger partial charge < -0.3 is 96.3 Å². The zero-order valence-corrected chi connectivity index (χ0v) is 85.5. The average molecular weight is 1900 g/mol. The number of ether oxygens (including phenoxy) is 12. The van der Waals surface area contributed by atoms with Crippen molar-refractivity contribution in [2.24, 2.45) is 33.5 Å². The van der Waals surface area contributed by atoms with Gasteiger partial charge in [-0.25, -0.2) is 28.0 Å². The molecule has 6 heterocycles. The molecular weight excluding hydrogens is 1760 g/mol. The highest BCUT2D eigenvalue weighted by Gasteiger charge is 2.80. The lowest BCUT2D eigenvalue weighted by Gasteiger charge is -2.68. The number of carbonyl (C=O) groups excluding carboxylic acids is 6. The van der Waals surface area contributed by atoms with Crippen LogP contribution < -0.4 is 10.6 Å². The maximum atomic E-state index is 15.9. The van der Waals surface area contributed by atoms with Gasteiger partial charge in [-0.05, 0) is 173 Å². The van der Waals surface area contributed by atoms with Crippen LogP contribution in [0.5, 0.6) is 0 Å². The monoisotopic (exact) mass is 1900 g/mol. The summed E-state index contributed by atoms with van der Waals surface area (Å²) in [4.78, 5) is 99.5. The number of esters is 6. The fraction of sp³-hybridized carbons (Fsp3) is 0.667. The molecule has 24 atom stereocenters. The molecule has 14 rings (SSSR count). The summed E-state index contributed by atoms with van der Waals surface area (Å²) >= 11 is 0. The minimum Gasteiger partial charge on any atom is -0.456 e. The van der Waals surface area contributed by atoms with E-state index in [2.05, 4.69) is 111 Å². The van der Waals surface area contributed by atoms with Crippen molar-refractivity contribution in [2.75, 3.05) is 68.6 Å². The number of likely N-dealkylation sites (N-methyl/N-ethyl adjacent to an activating group) is 4. The standard InChI is InChI=1S/C51H74FN3O11Si.C51H72FN3O11Si/c2*1-28(2)67(29(3)4,30(5)6)66-42(40(53-12)39-34(52)21-18-24-54-39)47(58)61-35-25-51(59)45(64-46(57)33-19-16-15-17-20-33)43-49(11,23-22-36-50(43,27-60-36)65-32(8)56)44-41(38(31(35)7)48(51,9)10)62-37(63-44)26-55(13)14/h15-21,24,28-30,35-37,40-45,53,59H,22-23,25-27H2,1-14H3;15-24,28-30,35-37,40-45,53,59H,25-27H2,1-14H3/t2*35-,36+,37+,40-,41+,42+,43-,44+,45-,49+,50-,51+/m00/s1. The van der Waals surface area contributed by atoms with Crippen LogP contribution in [-0.2, 0) is 84.9 Å². The second-order valence-electron chi connectivity index (χ2n) is 42.9. The van der Waals surface area contributed by atoms with Crippen LogP contribution >= 0.6 is 0 Å². The van der Waals surface area contributed by atoms with Crippen molar-refractivity contribution in [2.45, 2.75) is 332 Å². The highest BCUT2D eigenvalue weighted by Crippen LogP contribution is 2.69. The number of carbonyl (C=O) groups is 6. The van der Waals surface area contributed by atoms with Crippen molar-refractivity contribution in [1.29, 1.82) is 0 Å². The van der Waals surface area contributed by atoms with E-state index in [1.165, 1.54) is 50.5 Å². The minimum atomic E-state index is -2.91. The van der Waals surface area contributed by atoms with E-state index in [1.54, 1.807) is 74.8 Å². The molecule has 32 heteroatoms. The second kappa shape index (κ2) is 39.3. The minimum absolute atomic E-state index is 0.00134. The van der Waals surface area contributed by atoms with Crippen LogP contribution in [0, 0.1) is 45.1 Å². The lowest BCUT2D eigenvalue weighted by molar-refractivity contribution is -0.345. The Morgan fingerprint density at radius 2 is 0.910 bits per heavy atom. The molecule has 4 saturated heterocycles. The summed E-state index contributed by atoms with van der Waals surface area (Å²) in [7, 11) is 5.13. The van der Waals surface area contributed by atoms with Crippen molar-refractivity contribution < 1.29 is 113 Å². The summed E-state index contributed by atoms with van der Waals surface area (Å²) < 4.78 is 126. The first-order valence-corrected chi connectivity index (χ1v) is 52.0. The zero-order chi connectivity index (χ0) is 98.4. The molecule has 4 N–H and O–H groups in total. The first kappa shape index (κ1) is 104. The summed E-state index contributed by atoms with van der Waals surface area (Å²) in [5.74, 6) is -7.24. The fourth-order valence-electron chi connectivity index (χ4n) is 25.9. The van der Waals surface area contributed by atoms with Crippen molar-refractivity contribution in [3.8, 4) is 0 Å². The van der Waals surface area contributed by atoms with Crippen molar-refractivity contribution in [3.63, 3.8) is 0 Å². The van der Waals surface area contributed by atoms with E-state index in [-0.39, 0.29) is 81.8 Å². The fourth-order valence-corrected chi connectivity index (χ4v) is 36.9. The molecule has 0 radical (unpaired) electrons. The van der Waals surface area contributed by atoms with Gasteiger partial charge in [0.15, 0.2) is 36.0 Å². The molecule has 2 aromatic carbocycles. The van der Waals surface area contributed by atoms with Gasteiger partial charge in [-0.15, -0.1) is 0 Å². The number of aromatic nitrogens is 2. The number of fused-ring (bicyclic) bond motifs is 16. The first-order valence-electron chi connectivity index (χ1n) is 47.8. The van der Waals surface area contributed by atoms with Crippen molar-refractivity contribution in [1.82, 2.24) is 30.4 Å². The van der Waals surface area contributed by atoms with Gasteiger partial charge in [-0.3, -0.25) is 19.6 Å². The van der Waals surface area contributed by atoms with Gasteiger partial charge >= 0.3 is 35.8 Å². The smallest absolute Gasteiger partial charge is 0.338 e. The maximum absolute atomic E-state index is 15.9. The number of benzene rings is 2. The largest absolute Gasteiger partial charge is 0.456 e. The highest BCUT2D eigenvalue weighted by atomic mass is 28.4. The van der Waals surface area contributed by atoms with Crippen LogP contribution in [0.1, 0.15) is 222 Å². The van der Waals surface area contributed by atoms with Crippen LogP contribution in [0.4, 0.5) is 8.78 Å². The number of nitrogens with zero attached hydrogens (tertiary/aromatic N) is 4. The summed E-state index contributed by atoms with van der Waals surface area (Å²) in [6.07, 6.45) is -6.60. The Kier molecular flexibility index (Phi) is 30.5. The molecule has 7 fully saturated rings. The maximum Gasteiger partial charge on any atom is 0.338 e. The Morgan fingerprint density at radius 1 is 0.522 bits per heavy atom. The Balaban J connectivity index is 0.000000227. The molecule has 4 aromatic rings. The quantitative estimate of drug-likeness (QED) is 0.0163. The van der Waals surface area contributed by atoms with Crippen LogP contribution in [0.2, 0.25) is 33.2 Å². The third-order valence-corrected chi connectivity index (χ3v) is 44.3. The summed E-state index contributed by atoms with van der Waals surface area (Å²) in [6, 6.07) is 20.5. The Labute approximate surface area is 791 Å². The van der Waals surface area contributed by atoms with E-state index in [9.17, 15) is 29.4 Å². The van der Waals surface area contributed by atoms with Crippen LogP contribution in [0.3, 0.4) is 0 Å². The molecule has 738 valence electrons. The van der Waals surface area contributed by atoms with E-state index in [0.717, 1.165) is 0 Å². The zero-order valence-electron chi connectivity index (χ0n) is 83.5. The molecule has 0 amide bonds. The number of halogens is 2. The topological polar surface area (TPSA) is 328 Å². The van der Waals surface area contributed by atoms with E-state index in [0.29, 0.717) is 48.2 Å². The number of hydrogen-bond donors (Lipinski definition) is 4. The van der Waals surface area contributed by atoms with Crippen LogP contribution in [0.25, 0.3) is 0 Å². The Bertz CT molecular complexity index is 5000. The number of nitrogens with one attached hydrogen (secondary N) is 2. The number of pyridine rings is 2. The van der Waals surface area contributed by atoms with Gasteiger partial charge in [0, 0.05) is 73.8 Å². The molecule has 4 aliphatic heterocycles. The third kappa shape index (κ3) is 17.8. The van der Waals surface area contributed by atoms with Crippen molar-refractivity contribution >= 4 is 52.5 Å². The van der Waals surface area contributed by atoms with Crippen LogP contribution in [0.15, 0.2) is 132 Å². The third-order valence-electron chi connectivity index (χ3n) is 32.1. The molecule has 0 unspecified atom stereocenters. The van der Waals surface area contributed by atoms with E-state index < -0.39 is 218 Å². The van der Waals surface area contributed by atoms with Gasteiger partial charge in [0.25, 0.3) is 0 Å². The van der Waals surface area contributed by atoms with Gasteiger partial charge in [0.1, 0.15) is 77.8 Å². The number of aliphatic hydroxyl groups is 2. The van der Waals surface area contributed by atoms with Gasteiger partial charge in [0.05, 0.1) is 65.8 Å². The molecule has 4 bridgehead atoms. The highest BCUT2D eigenvalue weighted by molar-refractivity contribution is 6.78. The Hall–Kier alpha value is -7.49. The van der Waals surface area contributed by atoms with Gasteiger partial charge in [-0.1, -0.05) is 173 Å². The molecule has 28 nitrogen and oxygen atoms in total. The molecule has 2 aromatic heterocycles. The van der Waals surface area contributed by atoms with Gasteiger partial charge in [0.2, 0.25) is 16.6 Å². The summed E-state index contributed by atoms with van der Waals surface area (Å²) in [5, 5.41) is 34.6. The van der Waals surface area contributed by atoms with E-state index in [4.69, 9.17) is 65.7 Å². The SMILES string of the molecule is CN[C@@H](c1ncccc1F)[C@@H](O[Si](C(C)C)(C(C)C)C(C)C)C(=O)O[C@H]1C[C@@]2(O)[C@@H](OC(=O)c3ccccc3)[C@H]3[C@@](C)(C=C[C@H]4OC[C@]43OC(C)=O)[C@@H]3O[C@H](CN(C)C)O[C@@H]3C(=C1C)C2(C)C.CN[C@@H](c1ncccc1F)[C@@H](O[Si](C(C)C)(C(C)C)C(C)C)C(=O)O[C@H]1C[C@@]2(O)[C@@H](OC(=O)c3ccccc3)[C@H]3[C@@](C)(CC[C@H]4OC[C@]43OC(C)=O)[C@@H]3O[C@H](CN(C)C)O[C@@H]3C(=C1C)C2(C)C. The second-order valence-corrected chi connectivity index (χ2v) is 53.7. The van der Waals surface area contributed by atoms with Crippen LogP contribution in [-0.4, -0.2) is 259 Å². The van der Waals surface area contributed by atoms with E-state index in [1.807, 2.05) is 98.6 Å². The summed E-state index contributed by atoms with van der Waals surface area (Å²) in [5.41, 5.74) is -8.24. The van der Waals surface area contributed by atoms with Gasteiger partial charge in [-0.2, -0.15) is 0 Å². The number of rotatable bonds is 30. The predicted molar refractivity (Wildman–Crippen MR) is 501 cm³/mol. The molecular formula is C102H146F2N6O22Si2. The normalized spacial score (nSPS) is 33.1.